The van der Waals surface area contributed by atoms with Gasteiger partial charge in [-0.25, -0.2) is 18.0 Å². The summed E-state index contributed by atoms with van der Waals surface area (Å²) in [6.45, 7) is 1.89. The van der Waals surface area contributed by atoms with Gasteiger partial charge >= 0.3 is 6.03 Å². The maximum atomic E-state index is 13.3. The number of nitrogens with zero attached hydrogens (tertiary/aromatic N) is 2. The standard InChI is InChI=1S/C23H28F3N3O2/c1-28-12-10-20(11-13-28)29(15-18-2-6-19(24)7-3-18)23(30)27-14-17-4-8-21(9-5-17)31-16-22(25)26/h2-9,20,22H,10-16H2,1H3,(H,27,30). The highest BCUT2D eigenvalue weighted by Gasteiger charge is 2.27. The van der Waals surface area contributed by atoms with E-state index in [0.717, 1.165) is 37.1 Å². The number of piperidine rings is 1. The van der Waals surface area contributed by atoms with Crippen molar-refractivity contribution in [2.45, 2.75) is 38.4 Å². The molecular weight excluding hydrogens is 407 g/mol. The molecule has 2 aromatic carbocycles. The predicted octanol–water partition coefficient (Wildman–Crippen LogP) is 4.28. The number of hydrogen-bond acceptors (Lipinski definition) is 3. The van der Waals surface area contributed by atoms with Gasteiger partial charge < -0.3 is 19.9 Å². The molecule has 31 heavy (non-hydrogen) atoms. The Balaban J connectivity index is 1.61. The normalized spacial score (nSPS) is 15.1. The summed E-state index contributed by atoms with van der Waals surface area (Å²) in [5.41, 5.74) is 1.71. The summed E-state index contributed by atoms with van der Waals surface area (Å²) < 4.78 is 42.7. The monoisotopic (exact) mass is 435 g/mol. The smallest absolute Gasteiger partial charge is 0.318 e. The molecule has 1 aliphatic rings. The third kappa shape index (κ3) is 7.17. The zero-order chi connectivity index (χ0) is 22.2. The van der Waals surface area contributed by atoms with Crippen molar-refractivity contribution in [3.05, 3.63) is 65.5 Å². The summed E-state index contributed by atoms with van der Waals surface area (Å²) in [5.74, 6) is 0.0552. The molecule has 0 atom stereocenters. The van der Waals surface area contributed by atoms with E-state index in [1.807, 2.05) is 4.90 Å². The van der Waals surface area contributed by atoms with Crippen LogP contribution in [0.1, 0.15) is 24.0 Å². The first-order valence-corrected chi connectivity index (χ1v) is 10.4. The quantitative estimate of drug-likeness (QED) is 0.673. The predicted molar refractivity (Wildman–Crippen MR) is 113 cm³/mol. The lowest BCUT2D eigenvalue weighted by Crippen LogP contribution is -2.49. The Labute approximate surface area is 180 Å². The van der Waals surface area contributed by atoms with Crippen LogP contribution in [0.3, 0.4) is 0 Å². The van der Waals surface area contributed by atoms with Crippen molar-refractivity contribution >= 4 is 6.03 Å². The third-order valence-electron chi connectivity index (χ3n) is 5.40. The molecule has 1 N–H and O–H groups in total. The number of carbonyl (C=O) groups excluding carboxylic acids is 1. The van der Waals surface area contributed by atoms with Crippen molar-refractivity contribution < 1.29 is 22.7 Å². The third-order valence-corrected chi connectivity index (χ3v) is 5.40. The second kappa shape index (κ2) is 11.0. The Bertz CT molecular complexity index is 823. The van der Waals surface area contributed by atoms with E-state index < -0.39 is 13.0 Å². The first-order valence-electron chi connectivity index (χ1n) is 10.4. The van der Waals surface area contributed by atoms with Crippen LogP contribution < -0.4 is 10.1 Å². The van der Waals surface area contributed by atoms with Gasteiger partial charge in [0.25, 0.3) is 6.43 Å². The number of benzene rings is 2. The largest absolute Gasteiger partial charge is 0.488 e. The highest BCUT2D eigenvalue weighted by Crippen LogP contribution is 2.19. The lowest BCUT2D eigenvalue weighted by atomic mass is 10.0. The number of alkyl halides is 2. The van der Waals surface area contributed by atoms with Crippen LogP contribution in [0.15, 0.2) is 48.5 Å². The van der Waals surface area contributed by atoms with Gasteiger partial charge in [-0.2, -0.15) is 0 Å². The van der Waals surface area contributed by atoms with Gasteiger partial charge in [-0.05, 0) is 68.4 Å². The molecule has 1 saturated heterocycles. The van der Waals surface area contributed by atoms with Crippen molar-refractivity contribution in [2.24, 2.45) is 0 Å². The number of amides is 2. The molecule has 8 heteroatoms. The molecule has 0 bridgehead atoms. The molecule has 1 aliphatic heterocycles. The zero-order valence-corrected chi connectivity index (χ0v) is 17.6. The Morgan fingerprint density at radius 3 is 2.32 bits per heavy atom. The van der Waals surface area contributed by atoms with E-state index in [4.69, 9.17) is 4.74 Å². The van der Waals surface area contributed by atoms with Crippen LogP contribution in [-0.2, 0) is 13.1 Å². The van der Waals surface area contributed by atoms with Crippen molar-refractivity contribution in [3.63, 3.8) is 0 Å². The molecule has 1 fully saturated rings. The molecule has 0 aliphatic carbocycles. The lowest BCUT2D eigenvalue weighted by Gasteiger charge is -2.37. The average molecular weight is 435 g/mol. The van der Waals surface area contributed by atoms with E-state index in [0.29, 0.717) is 18.8 Å². The zero-order valence-electron chi connectivity index (χ0n) is 17.6. The topological polar surface area (TPSA) is 44.8 Å². The van der Waals surface area contributed by atoms with Crippen LogP contribution in [0.2, 0.25) is 0 Å². The maximum absolute atomic E-state index is 13.3. The van der Waals surface area contributed by atoms with Crippen LogP contribution >= 0.6 is 0 Å². The fraction of sp³-hybridized carbons (Fsp3) is 0.435. The molecule has 0 saturated carbocycles. The number of carbonyl (C=O) groups is 1. The van der Waals surface area contributed by atoms with Crippen molar-refractivity contribution in [2.75, 3.05) is 26.7 Å². The number of hydrogen-bond donors (Lipinski definition) is 1. The van der Waals surface area contributed by atoms with E-state index >= 15 is 0 Å². The number of halogens is 3. The van der Waals surface area contributed by atoms with E-state index in [-0.39, 0.29) is 17.9 Å². The van der Waals surface area contributed by atoms with E-state index in [2.05, 4.69) is 17.3 Å². The number of ether oxygens (including phenoxy) is 1. The average Bonchev–Trinajstić information content (AvgIpc) is 2.77. The summed E-state index contributed by atoms with van der Waals surface area (Å²) in [6.07, 6.45) is -0.770. The van der Waals surface area contributed by atoms with Gasteiger partial charge in [0.1, 0.15) is 18.2 Å². The highest BCUT2D eigenvalue weighted by atomic mass is 19.3. The van der Waals surface area contributed by atoms with Gasteiger partial charge in [0.15, 0.2) is 0 Å². The fourth-order valence-corrected chi connectivity index (χ4v) is 3.60. The fourth-order valence-electron chi connectivity index (χ4n) is 3.60. The van der Waals surface area contributed by atoms with Gasteiger partial charge in [0.05, 0.1) is 0 Å². The molecular formula is C23H28F3N3O2. The van der Waals surface area contributed by atoms with Crippen molar-refractivity contribution in [3.8, 4) is 5.75 Å². The first-order chi connectivity index (χ1) is 14.9. The van der Waals surface area contributed by atoms with Crippen LogP contribution in [0.5, 0.6) is 5.75 Å². The molecule has 1 heterocycles. The summed E-state index contributed by atoms with van der Waals surface area (Å²) in [7, 11) is 2.06. The second-order valence-electron chi connectivity index (χ2n) is 7.79. The van der Waals surface area contributed by atoms with Crippen LogP contribution in [-0.4, -0.2) is 55.0 Å². The van der Waals surface area contributed by atoms with Gasteiger partial charge in [-0.15, -0.1) is 0 Å². The minimum atomic E-state index is -2.52. The van der Waals surface area contributed by atoms with Crippen LogP contribution in [0.25, 0.3) is 0 Å². The minimum absolute atomic E-state index is 0.103. The van der Waals surface area contributed by atoms with E-state index in [1.165, 1.54) is 12.1 Å². The first kappa shape index (κ1) is 22.9. The highest BCUT2D eigenvalue weighted by molar-refractivity contribution is 5.74. The summed E-state index contributed by atoms with van der Waals surface area (Å²) in [6, 6.07) is 12.8. The summed E-state index contributed by atoms with van der Waals surface area (Å²) >= 11 is 0. The molecule has 2 aromatic rings. The number of likely N-dealkylation sites (tertiary alicyclic amines) is 1. The second-order valence-corrected chi connectivity index (χ2v) is 7.79. The Hall–Kier alpha value is -2.74. The summed E-state index contributed by atoms with van der Waals surface area (Å²) in [4.78, 5) is 17.1. The van der Waals surface area contributed by atoms with Crippen LogP contribution in [0.4, 0.5) is 18.0 Å². The van der Waals surface area contributed by atoms with Crippen molar-refractivity contribution in [1.82, 2.24) is 15.1 Å². The SMILES string of the molecule is CN1CCC(N(Cc2ccc(F)cc2)C(=O)NCc2ccc(OCC(F)F)cc2)CC1. The van der Waals surface area contributed by atoms with E-state index in [9.17, 15) is 18.0 Å². The van der Waals surface area contributed by atoms with Crippen LogP contribution in [0, 0.1) is 5.82 Å². The van der Waals surface area contributed by atoms with E-state index in [1.54, 1.807) is 36.4 Å². The Morgan fingerprint density at radius 1 is 1.10 bits per heavy atom. The minimum Gasteiger partial charge on any atom is -0.488 e. The molecule has 168 valence electrons. The molecule has 0 unspecified atom stereocenters. The lowest BCUT2D eigenvalue weighted by molar-refractivity contribution is 0.0819. The molecule has 0 spiro atoms. The molecule has 5 nitrogen and oxygen atoms in total. The Kier molecular flexibility index (Phi) is 8.17. The number of urea groups is 1. The molecule has 0 radical (unpaired) electrons. The van der Waals surface area contributed by atoms with Gasteiger partial charge in [0, 0.05) is 19.1 Å². The van der Waals surface area contributed by atoms with Gasteiger partial charge in [-0.1, -0.05) is 24.3 Å². The summed E-state index contributed by atoms with van der Waals surface area (Å²) in [5, 5.41) is 2.95. The van der Waals surface area contributed by atoms with Crippen molar-refractivity contribution in [1.29, 1.82) is 0 Å². The molecule has 2 amide bonds. The van der Waals surface area contributed by atoms with Gasteiger partial charge in [-0.3, -0.25) is 0 Å². The molecule has 0 aromatic heterocycles. The van der Waals surface area contributed by atoms with Gasteiger partial charge in [0.2, 0.25) is 0 Å². The number of rotatable bonds is 8. The maximum Gasteiger partial charge on any atom is 0.318 e. The number of nitrogens with one attached hydrogen (secondary N) is 1. The Morgan fingerprint density at radius 2 is 1.71 bits per heavy atom. The molecule has 3 rings (SSSR count).